The van der Waals surface area contributed by atoms with Gasteiger partial charge in [-0.1, -0.05) is 29.8 Å². The van der Waals surface area contributed by atoms with Gasteiger partial charge in [-0.15, -0.1) is 11.8 Å². The Labute approximate surface area is 115 Å². The van der Waals surface area contributed by atoms with Crippen LogP contribution in [0.1, 0.15) is 0 Å². The Bertz CT molecular complexity index is 507. The molecule has 0 saturated heterocycles. The molecule has 0 aliphatic rings. The maximum Gasteiger partial charge on any atom is 0.150 e. The number of nitrogen functional groups attached to an aromatic ring is 1. The van der Waals surface area contributed by atoms with Crippen molar-refractivity contribution in [3.05, 3.63) is 41.7 Å². The van der Waals surface area contributed by atoms with Crippen LogP contribution in [0.3, 0.4) is 0 Å². The van der Waals surface area contributed by atoms with E-state index in [1.165, 1.54) is 11.2 Å². The molecule has 2 aromatic rings. The van der Waals surface area contributed by atoms with Crippen LogP contribution in [0.25, 0.3) is 0 Å². The summed E-state index contributed by atoms with van der Waals surface area (Å²) in [6.45, 7) is 0.760. The zero-order valence-corrected chi connectivity index (χ0v) is 11.2. The van der Waals surface area contributed by atoms with Crippen LogP contribution >= 0.6 is 23.4 Å². The second kappa shape index (κ2) is 6.47. The van der Waals surface area contributed by atoms with Crippen LogP contribution in [0.2, 0.25) is 5.02 Å². The van der Waals surface area contributed by atoms with Crippen molar-refractivity contribution >= 4 is 35.0 Å². The third-order valence-electron chi connectivity index (χ3n) is 2.22. The summed E-state index contributed by atoms with van der Waals surface area (Å²) in [7, 11) is 0. The number of hydrogen-bond acceptors (Lipinski definition) is 5. The normalized spacial score (nSPS) is 10.3. The SMILES string of the molecule is Nc1ncnc(NCCSc2ccccc2)c1Cl. The Morgan fingerprint density at radius 3 is 2.78 bits per heavy atom. The van der Waals surface area contributed by atoms with E-state index in [2.05, 4.69) is 27.4 Å². The first kappa shape index (κ1) is 13.0. The summed E-state index contributed by atoms with van der Waals surface area (Å²) >= 11 is 7.74. The van der Waals surface area contributed by atoms with Gasteiger partial charge in [0.05, 0.1) is 0 Å². The van der Waals surface area contributed by atoms with Crippen LogP contribution in [0, 0.1) is 0 Å². The number of rotatable bonds is 5. The van der Waals surface area contributed by atoms with E-state index in [1.807, 2.05) is 18.2 Å². The third kappa shape index (κ3) is 3.51. The van der Waals surface area contributed by atoms with Crippen molar-refractivity contribution in [3.63, 3.8) is 0 Å². The fourth-order valence-electron chi connectivity index (χ4n) is 1.36. The number of nitrogens with one attached hydrogen (secondary N) is 1. The average Bonchev–Trinajstić information content (AvgIpc) is 2.40. The van der Waals surface area contributed by atoms with Gasteiger partial charge in [0.15, 0.2) is 0 Å². The van der Waals surface area contributed by atoms with Gasteiger partial charge in [-0.25, -0.2) is 9.97 Å². The largest absolute Gasteiger partial charge is 0.382 e. The van der Waals surface area contributed by atoms with Crippen LogP contribution < -0.4 is 11.1 Å². The molecule has 0 bridgehead atoms. The summed E-state index contributed by atoms with van der Waals surface area (Å²) in [6.07, 6.45) is 1.40. The fraction of sp³-hybridized carbons (Fsp3) is 0.167. The molecule has 3 N–H and O–H groups in total. The fourth-order valence-corrected chi connectivity index (χ4v) is 2.32. The molecule has 0 aliphatic heterocycles. The molecule has 4 nitrogen and oxygen atoms in total. The van der Waals surface area contributed by atoms with E-state index in [-0.39, 0.29) is 0 Å². The quantitative estimate of drug-likeness (QED) is 0.651. The standard InChI is InChI=1S/C12H13ClN4S/c13-10-11(14)16-8-17-12(10)15-6-7-18-9-4-2-1-3-5-9/h1-5,8H,6-7H2,(H3,14,15,16,17). The molecule has 0 radical (unpaired) electrons. The molecule has 1 aromatic carbocycles. The molecule has 0 saturated carbocycles. The monoisotopic (exact) mass is 280 g/mol. The predicted octanol–water partition coefficient (Wildman–Crippen LogP) is 2.92. The van der Waals surface area contributed by atoms with E-state index in [1.54, 1.807) is 11.8 Å². The van der Waals surface area contributed by atoms with Crippen LogP contribution in [0.5, 0.6) is 0 Å². The highest BCUT2D eigenvalue weighted by molar-refractivity contribution is 7.99. The molecule has 0 unspecified atom stereocenters. The van der Waals surface area contributed by atoms with Crippen LogP contribution in [0.4, 0.5) is 11.6 Å². The Balaban J connectivity index is 1.81. The smallest absolute Gasteiger partial charge is 0.150 e. The lowest BCUT2D eigenvalue weighted by Gasteiger charge is -2.07. The molecule has 94 valence electrons. The van der Waals surface area contributed by atoms with Crippen LogP contribution in [-0.2, 0) is 0 Å². The van der Waals surface area contributed by atoms with E-state index in [4.69, 9.17) is 17.3 Å². The number of nitrogens with two attached hydrogens (primary N) is 1. The maximum absolute atomic E-state index is 5.97. The zero-order chi connectivity index (χ0) is 12.8. The summed E-state index contributed by atoms with van der Waals surface area (Å²) in [4.78, 5) is 9.09. The van der Waals surface area contributed by atoms with Crippen molar-refractivity contribution in [1.82, 2.24) is 9.97 Å². The van der Waals surface area contributed by atoms with Crippen molar-refractivity contribution in [3.8, 4) is 0 Å². The van der Waals surface area contributed by atoms with Gasteiger partial charge in [0, 0.05) is 17.2 Å². The second-order valence-electron chi connectivity index (χ2n) is 3.51. The van der Waals surface area contributed by atoms with Gasteiger partial charge in [0.1, 0.15) is 23.0 Å². The highest BCUT2D eigenvalue weighted by atomic mass is 35.5. The van der Waals surface area contributed by atoms with E-state index in [9.17, 15) is 0 Å². The van der Waals surface area contributed by atoms with Gasteiger partial charge in [-0.05, 0) is 12.1 Å². The van der Waals surface area contributed by atoms with E-state index < -0.39 is 0 Å². The first-order valence-corrected chi connectivity index (χ1v) is 6.81. The average molecular weight is 281 g/mol. The second-order valence-corrected chi connectivity index (χ2v) is 5.06. The number of hydrogen-bond donors (Lipinski definition) is 2. The molecular weight excluding hydrogens is 268 g/mol. The summed E-state index contributed by atoms with van der Waals surface area (Å²) in [5.74, 6) is 1.80. The first-order valence-electron chi connectivity index (χ1n) is 5.45. The predicted molar refractivity (Wildman–Crippen MR) is 77.1 cm³/mol. The summed E-state index contributed by atoms with van der Waals surface area (Å²) in [6, 6.07) is 10.2. The number of nitrogens with zero attached hydrogens (tertiary/aromatic N) is 2. The molecule has 0 amide bonds. The van der Waals surface area contributed by atoms with Crippen molar-refractivity contribution in [2.75, 3.05) is 23.3 Å². The molecular formula is C12H13ClN4S. The minimum Gasteiger partial charge on any atom is -0.382 e. The van der Waals surface area contributed by atoms with Gasteiger partial charge in [-0.3, -0.25) is 0 Å². The summed E-state index contributed by atoms with van der Waals surface area (Å²) in [5, 5.41) is 3.52. The van der Waals surface area contributed by atoms with Crippen molar-refractivity contribution in [2.45, 2.75) is 4.90 Å². The Hall–Kier alpha value is -1.46. The first-order chi connectivity index (χ1) is 8.77. The number of halogens is 1. The molecule has 0 fully saturated rings. The highest BCUT2D eigenvalue weighted by Crippen LogP contribution is 2.23. The molecule has 6 heteroatoms. The molecule has 1 heterocycles. The number of aromatic nitrogens is 2. The molecule has 0 atom stereocenters. The molecule has 18 heavy (non-hydrogen) atoms. The van der Waals surface area contributed by atoms with Crippen molar-refractivity contribution < 1.29 is 0 Å². The van der Waals surface area contributed by atoms with Crippen molar-refractivity contribution in [1.29, 1.82) is 0 Å². The maximum atomic E-state index is 5.97. The van der Waals surface area contributed by atoms with Crippen LogP contribution in [0.15, 0.2) is 41.6 Å². The highest BCUT2D eigenvalue weighted by Gasteiger charge is 2.05. The van der Waals surface area contributed by atoms with E-state index >= 15 is 0 Å². The lowest BCUT2D eigenvalue weighted by atomic mass is 10.4. The number of anilines is 2. The minimum atomic E-state index is 0.296. The van der Waals surface area contributed by atoms with Crippen LogP contribution in [-0.4, -0.2) is 22.3 Å². The molecule has 0 aliphatic carbocycles. The zero-order valence-electron chi connectivity index (χ0n) is 9.64. The lowest BCUT2D eigenvalue weighted by molar-refractivity contribution is 1.12. The molecule has 2 rings (SSSR count). The summed E-state index contributed by atoms with van der Waals surface area (Å²) in [5.41, 5.74) is 5.59. The van der Waals surface area contributed by atoms with Gasteiger partial charge in [0.2, 0.25) is 0 Å². The Kier molecular flexibility index (Phi) is 4.66. The van der Waals surface area contributed by atoms with E-state index in [0.717, 1.165) is 12.3 Å². The third-order valence-corrected chi connectivity index (χ3v) is 3.61. The minimum absolute atomic E-state index is 0.296. The van der Waals surface area contributed by atoms with Gasteiger partial charge < -0.3 is 11.1 Å². The summed E-state index contributed by atoms with van der Waals surface area (Å²) < 4.78 is 0. The lowest BCUT2D eigenvalue weighted by Crippen LogP contribution is -2.07. The Morgan fingerprint density at radius 1 is 1.22 bits per heavy atom. The Morgan fingerprint density at radius 2 is 2.00 bits per heavy atom. The number of benzene rings is 1. The topological polar surface area (TPSA) is 63.8 Å². The number of thioether (sulfide) groups is 1. The van der Waals surface area contributed by atoms with E-state index in [0.29, 0.717) is 16.7 Å². The van der Waals surface area contributed by atoms with Gasteiger partial charge in [0.25, 0.3) is 0 Å². The van der Waals surface area contributed by atoms with Gasteiger partial charge >= 0.3 is 0 Å². The van der Waals surface area contributed by atoms with Gasteiger partial charge in [-0.2, -0.15) is 0 Å². The molecule has 1 aromatic heterocycles. The molecule has 0 spiro atoms. The van der Waals surface area contributed by atoms with Crippen molar-refractivity contribution in [2.24, 2.45) is 0 Å².